The lowest BCUT2D eigenvalue weighted by atomic mass is 10.1. The molecule has 0 saturated carbocycles. The van der Waals surface area contributed by atoms with Crippen LogP contribution in [-0.2, 0) is 0 Å². The number of hydrogen-bond donors (Lipinski definition) is 2. The number of nitrogens with one attached hydrogen (secondary N) is 2. The van der Waals surface area contributed by atoms with E-state index in [9.17, 15) is 0 Å². The van der Waals surface area contributed by atoms with Gasteiger partial charge in [-0.1, -0.05) is 27.7 Å². The summed E-state index contributed by atoms with van der Waals surface area (Å²) in [6, 6.07) is 4.21. The van der Waals surface area contributed by atoms with Gasteiger partial charge in [0.2, 0.25) is 0 Å². The molecule has 2 aliphatic rings. The molecule has 0 amide bonds. The quantitative estimate of drug-likeness (QED) is 0.787. The van der Waals surface area contributed by atoms with E-state index in [0.29, 0.717) is 12.1 Å². The second-order valence-corrected chi connectivity index (χ2v) is 8.13. The second-order valence-electron chi connectivity index (χ2n) is 8.13. The third-order valence-corrected chi connectivity index (χ3v) is 4.42. The van der Waals surface area contributed by atoms with Gasteiger partial charge in [0, 0.05) is 62.4 Å². The number of hydrogen-bond acceptors (Lipinski definition) is 4. The smallest absolute Gasteiger partial charge is 0.0325 e. The Bertz CT molecular complexity index is 259. The summed E-state index contributed by atoms with van der Waals surface area (Å²) < 4.78 is 0. The summed E-state index contributed by atoms with van der Waals surface area (Å²) in [5, 5.41) is 7.04. The maximum atomic E-state index is 3.52. The van der Waals surface area contributed by atoms with Gasteiger partial charge in [-0.3, -0.25) is 9.80 Å². The molecule has 2 saturated heterocycles. The molecule has 2 aliphatic heterocycles. The van der Waals surface area contributed by atoms with Gasteiger partial charge >= 0.3 is 0 Å². The first-order chi connectivity index (χ1) is 10.2. The van der Waals surface area contributed by atoms with E-state index < -0.39 is 0 Å². The van der Waals surface area contributed by atoms with Crippen LogP contribution in [0.25, 0.3) is 0 Å². The van der Waals surface area contributed by atoms with Crippen molar-refractivity contribution in [3.8, 4) is 0 Å². The molecule has 0 aromatic carbocycles. The van der Waals surface area contributed by atoms with E-state index in [4.69, 9.17) is 0 Å². The minimum atomic E-state index is 0.634. The molecular weight excluding hydrogens is 272 g/mol. The van der Waals surface area contributed by atoms with Crippen molar-refractivity contribution in [1.29, 1.82) is 0 Å². The molecule has 0 atom stereocenters. The van der Waals surface area contributed by atoms with E-state index in [2.05, 4.69) is 75.8 Å². The highest BCUT2D eigenvalue weighted by molar-refractivity contribution is 4.89. The van der Waals surface area contributed by atoms with Crippen LogP contribution in [0.1, 0.15) is 55.4 Å². The van der Waals surface area contributed by atoms with Crippen LogP contribution in [0.3, 0.4) is 0 Å². The summed E-state index contributed by atoms with van der Waals surface area (Å²) in [5.74, 6) is 0. The van der Waals surface area contributed by atoms with E-state index in [1.807, 2.05) is 0 Å². The van der Waals surface area contributed by atoms with Crippen molar-refractivity contribution < 1.29 is 0 Å². The number of nitrogens with zero attached hydrogens (tertiary/aromatic N) is 2. The molecular formula is C18H40N4. The molecule has 0 aromatic rings. The third kappa shape index (κ3) is 6.95. The molecule has 0 aromatic heterocycles. The summed E-state index contributed by atoms with van der Waals surface area (Å²) >= 11 is 0. The zero-order valence-corrected chi connectivity index (χ0v) is 16.2. The standard InChI is InChI=1S/2C9H20N2/c2*1-7(2)10-9-5-11(6-9)8(3)4/h2*7-10H,5-6H2,1-4H3. The van der Waals surface area contributed by atoms with E-state index in [1.54, 1.807) is 0 Å². The topological polar surface area (TPSA) is 30.5 Å². The SMILES string of the molecule is CC(C)NC1CN(C(C)C)C1.CC(C)NC1CN(C(C)C)C1. The van der Waals surface area contributed by atoms with Crippen molar-refractivity contribution in [1.82, 2.24) is 20.4 Å². The molecule has 0 unspecified atom stereocenters. The van der Waals surface area contributed by atoms with E-state index >= 15 is 0 Å². The van der Waals surface area contributed by atoms with Crippen molar-refractivity contribution in [2.45, 2.75) is 91.6 Å². The van der Waals surface area contributed by atoms with Crippen LogP contribution in [-0.4, -0.2) is 72.2 Å². The van der Waals surface area contributed by atoms with Crippen LogP contribution in [0.4, 0.5) is 0 Å². The van der Waals surface area contributed by atoms with Crippen molar-refractivity contribution >= 4 is 0 Å². The normalized spacial score (nSPS) is 21.3. The largest absolute Gasteiger partial charge is 0.309 e. The van der Waals surface area contributed by atoms with E-state index in [-0.39, 0.29) is 0 Å². The fourth-order valence-electron chi connectivity index (χ4n) is 3.02. The first-order valence-electron chi connectivity index (χ1n) is 9.19. The maximum absolute atomic E-state index is 3.52. The average molecular weight is 313 g/mol. The summed E-state index contributed by atoms with van der Waals surface area (Å²) in [4.78, 5) is 4.97. The zero-order valence-electron chi connectivity index (χ0n) is 16.2. The lowest BCUT2D eigenvalue weighted by molar-refractivity contribution is 0.0876. The van der Waals surface area contributed by atoms with Crippen molar-refractivity contribution in [3.63, 3.8) is 0 Å². The highest BCUT2D eigenvalue weighted by Gasteiger charge is 2.28. The van der Waals surface area contributed by atoms with Gasteiger partial charge in [-0.05, 0) is 27.7 Å². The molecule has 0 bridgehead atoms. The molecule has 2 fully saturated rings. The monoisotopic (exact) mass is 312 g/mol. The number of likely N-dealkylation sites (tertiary alicyclic amines) is 2. The minimum absolute atomic E-state index is 0.634. The predicted molar refractivity (Wildman–Crippen MR) is 97.5 cm³/mol. The molecule has 132 valence electrons. The van der Waals surface area contributed by atoms with Crippen LogP contribution < -0.4 is 10.6 Å². The van der Waals surface area contributed by atoms with Crippen molar-refractivity contribution in [3.05, 3.63) is 0 Å². The minimum Gasteiger partial charge on any atom is -0.309 e. The van der Waals surface area contributed by atoms with Crippen molar-refractivity contribution in [2.75, 3.05) is 26.2 Å². The van der Waals surface area contributed by atoms with Crippen molar-refractivity contribution in [2.24, 2.45) is 0 Å². The third-order valence-electron chi connectivity index (χ3n) is 4.42. The van der Waals surface area contributed by atoms with Gasteiger partial charge in [0.1, 0.15) is 0 Å². The van der Waals surface area contributed by atoms with Gasteiger partial charge in [0.15, 0.2) is 0 Å². The predicted octanol–water partition coefficient (Wildman–Crippen LogP) is 2.15. The fourth-order valence-corrected chi connectivity index (χ4v) is 3.02. The second kappa shape index (κ2) is 9.21. The summed E-state index contributed by atoms with van der Waals surface area (Å²) in [5.41, 5.74) is 0. The Morgan fingerprint density at radius 3 is 1.05 bits per heavy atom. The molecule has 2 heterocycles. The van der Waals surface area contributed by atoms with Gasteiger partial charge in [0.25, 0.3) is 0 Å². The highest BCUT2D eigenvalue weighted by Crippen LogP contribution is 2.12. The summed E-state index contributed by atoms with van der Waals surface area (Å²) in [7, 11) is 0. The molecule has 0 spiro atoms. The number of rotatable bonds is 6. The van der Waals surface area contributed by atoms with Gasteiger partial charge in [-0.2, -0.15) is 0 Å². The Morgan fingerprint density at radius 1 is 0.591 bits per heavy atom. The first-order valence-corrected chi connectivity index (χ1v) is 9.19. The Labute approximate surface area is 139 Å². The average Bonchev–Trinajstić information content (AvgIpc) is 2.26. The Balaban J connectivity index is 0.000000220. The van der Waals surface area contributed by atoms with Gasteiger partial charge in [-0.15, -0.1) is 0 Å². The van der Waals surface area contributed by atoms with E-state index in [1.165, 1.54) is 26.2 Å². The molecule has 4 nitrogen and oxygen atoms in total. The lowest BCUT2D eigenvalue weighted by Gasteiger charge is -2.43. The van der Waals surface area contributed by atoms with Crippen LogP contribution in [0.2, 0.25) is 0 Å². The first kappa shape index (κ1) is 19.9. The summed E-state index contributed by atoms with van der Waals surface area (Å²) in [6.07, 6.45) is 0. The maximum Gasteiger partial charge on any atom is 0.0325 e. The van der Waals surface area contributed by atoms with Gasteiger partial charge < -0.3 is 10.6 Å². The molecule has 4 heteroatoms. The van der Waals surface area contributed by atoms with E-state index in [0.717, 1.165) is 24.2 Å². The summed E-state index contributed by atoms with van der Waals surface area (Å²) in [6.45, 7) is 22.8. The Morgan fingerprint density at radius 2 is 0.864 bits per heavy atom. The molecule has 0 radical (unpaired) electrons. The zero-order chi connectivity index (χ0) is 16.9. The van der Waals surface area contributed by atoms with Crippen LogP contribution in [0.15, 0.2) is 0 Å². The molecule has 2 N–H and O–H groups in total. The molecule has 22 heavy (non-hydrogen) atoms. The lowest BCUT2D eigenvalue weighted by Crippen LogP contribution is -2.61. The Hall–Kier alpha value is -0.160. The fraction of sp³-hybridized carbons (Fsp3) is 1.00. The van der Waals surface area contributed by atoms with Gasteiger partial charge in [0.05, 0.1) is 0 Å². The van der Waals surface area contributed by atoms with Crippen LogP contribution in [0, 0.1) is 0 Å². The van der Waals surface area contributed by atoms with Crippen LogP contribution >= 0.6 is 0 Å². The van der Waals surface area contributed by atoms with Gasteiger partial charge in [-0.25, -0.2) is 0 Å². The molecule has 2 rings (SSSR count). The Kier molecular flexibility index (Phi) is 8.33. The van der Waals surface area contributed by atoms with Crippen LogP contribution in [0.5, 0.6) is 0 Å². The molecule has 0 aliphatic carbocycles. The highest BCUT2D eigenvalue weighted by atomic mass is 15.3.